The van der Waals surface area contributed by atoms with Crippen LogP contribution in [0.25, 0.3) is 0 Å². The molecule has 2 N–H and O–H groups in total. The highest BCUT2D eigenvalue weighted by Crippen LogP contribution is 2.31. The van der Waals surface area contributed by atoms with Crippen LogP contribution in [0.3, 0.4) is 0 Å². The van der Waals surface area contributed by atoms with Crippen molar-refractivity contribution in [1.29, 1.82) is 0 Å². The standard InChI is InChI=1S/C33H50N2O/c1-2-3-4-5-6-7-8-9-10-11-12-13-14-15-16-17-28-36-30-24-22-29(23-25-30)33(31-20-18-26-34-31)32-21-19-27-35-32/h18-27,33-35H,2-17,28H2,1H3. The SMILES string of the molecule is CCCCCCCCCCCCCCCCCCOc1ccc(C(c2ccc[nH]2)c2ccc[nH]2)cc1. The Morgan fingerprint density at radius 2 is 1.00 bits per heavy atom. The first kappa shape index (κ1) is 28.2. The summed E-state index contributed by atoms with van der Waals surface area (Å²) >= 11 is 0. The topological polar surface area (TPSA) is 40.8 Å². The van der Waals surface area contributed by atoms with Gasteiger partial charge in [0.15, 0.2) is 0 Å². The summed E-state index contributed by atoms with van der Waals surface area (Å²) in [4.78, 5) is 6.75. The molecular weight excluding hydrogens is 440 g/mol. The number of rotatable bonds is 21. The van der Waals surface area contributed by atoms with E-state index in [2.05, 4.69) is 65.4 Å². The molecular formula is C33H50N2O. The molecule has 198 valence electrons. The van der Waals surface area contributed by atoms with Crippen molar-refractivity contribution in [2.45, 2.75) is 116 Å². The Balaban J connectivity index is 1.18. The highest BCUT2D eigenvalue weighted by Gasteiger charge is 2.18. The average molecular weight is 491 g/mol. The lowest BCUT2D eigenvalue weighted by molar-refractivity contribution is 0.304. The second-order valence-corrected chi connectivity index (χ2v) is 10.4. The number of hydrogen-bond acceptors (Lipinski definition) is 1. The summed E-state index contributed by atoms with van der Waals surface area (Å²) in [5, 5.41) is 0. The molecule has 0 saturated carbocycles. The van der Waals surface area contributed by atoms with Crippen LogP contribution < -0.4 is 4.74 Å². The second kappa shape index (κ2) is 17.9. The van der Waals surface area contributed by atoms with Crippen LogP contribution in [-0.2, 0) is 0 Å². The maximum Gasteiger partial charge on any atom is 0.119 e. The molecule has 2 aromatic heterocycles. The van der Waals surface area contributed by atoms with Crippen LogP contribution in [0.5, 0.6) is 5.75 Å². The van der Waals surface area contributed by atoms with E-state index in [4.69, 9.17) is 4.74 Å². The van der Waals surface area contributed by atoms with E-state index in [1.165, 1.54) is 113 Å². The summed E-state index contributed by atoms with van der Waals surface area (Å²) < 4.78 is 6.03. The molecule has 0 amide bonds. The number of hydrogen-bond donors (Lipinski definition) is 2. The van der Waals surface area contributed by atoms with Gasteiger partial charge in [0.25, 0.3) is 0 Å². The van der Waals surface area contributed by atoms with Gasteiger partial charge in [-0.25, -0.2) is 0 Å². The largest absolute Gasteiger partial charge is 0.494 e. The molecule has 0 atom stereocenters. The molecule has 0 fully saturated rings. The Labute approximate surface area is 220 Å². The van der Waals surface area contributed by atoms with Gasteiger partial charge in [0.05, 0.1) is 12.5 Å². The number of aromatic nitrogens is 2. The molecule has 0 saturated heterocycles. The molecule has 2 heterocycles. The van der Waals surface area contributed by atoms with Gasteiger partial charge in [-0.2, -0.15) is 0 Å². The van der Waals surface area contributed by atoms with E-state index in [1.807, 2.05) is 12.4 Å². The third kappa shape index (κ3) is 10.7. The second-order valence-electron chi connectivity index (χ2n) is 10.4. The van der Waals surface area contributed by atoms with Gasteiger partial charge < -0.3 is 14.7 Å². The van der Waals surface area contributed by atoms with Crippen LogP contribution in [0.2, 0.25) is 0 Å². The van der Waals surface area contributed by atoms with Crippen LogP contribution in [0.4, 0.5) is 0 Å². The summed E-state index contributed by atoms with van der Waals surface area (Å²) in [5.74, 6) is 1.15. The summed E-state index contributed by atoms with van der Waals surface area (Å²) in [6.07, 6.45) is 26.3. The summed E-state index contributed by atoms with van der Waals surface area (Å²) in [5.41, 5.74) is 3.65. The zero-order valence-corrected chi connectivity index (χ0v) is 22.8. The average Bonchev–Trinajstić information content (AvgIpc) is 3.63. The quantitative estimate of drug-likeness (QED) is 0.143. The first-order chi connectivity index (χ1) is 17.9. The first-order valence-electron chi connectivity index (χ1n) is 14.9. The van der Waals surface area contributed by atoms with Crippen molar-refractivity contribution in [2.75, 3.05) is 6.61 Å². The van der Waals surface area contributed by atoms with Crippen molar-refractivity contribution < 1.29 is 4.74 Å². The van der Waals surface area contributed by atoms with Gasteiger partial charge in [-0.1, -0.05) is 115 Å². The van der Waals surface area contributed by atoms with Gasteiger partial charge in [-0.05, 0) is 48.4 Å². The molecule has 1 aromatic carbocycles. The van der Waals surface area contributed by atoms with E-state index in [-0.39, 0.29) is 5.92 Å². The maximum atomic E-state index is 6.03. The fraction of sp³-hybridized carbons (Fsp3) is 0.576. The molecule has 3 nitrogen and oxygen atoms in total. The first-order valence-corrected chi connectivity index (χ1v) is 14.9. The normalized spacial score (nSPS) is 11.4. The molecule has 0 aliphatic rings. The van der Waals surface area contributed by atoms with Gasteiger partial charge in [0.2, 0.25) is 0 Å². The Hall–Kier alpha value is -2.42. The number of benzene rings is 1. The summed E-state index contributed by atoms with van der Waals surface area (Å²) in [6, 6.07) is 17.0. The van der Waals surface area contributed by atoms with Gasteiger partial charge >= 0.3 is 0 Å². The monoisotopic (exact) mass is 490 g/mol. The number of nitrogens with one attached hydrogen (secondary N) is 2. The third-order valence-corrected chi connectivity index (χ3v) is 7.35. The number of H-pyrrole nitrogens is 2. The van der Waals surface area contributed by atoms with Crippen LogP contribution in [-0.4, -0.2) is 16.6 Å². The Bertz CT molecular complexity index is 833. The molecule has 0 aliphatic heterocycles. The van der Waals surface area contributed by atoms with Crippen molar-refractivity contribution in [3.05, 3.63) is 77.9 Å². The van der Waals surface area contributed by atoms with E-state index >= 15 is 0 Å². The van der Waals surface area contributed by atoms with Crippen LogP contribution >= 0.6 is 0 Å². The maximum absolute atomic E-state index is 6.03. The predicted molar refractivity (Wildman–Crippen MR) is 154 cm³/mol. The fourth-order valence-electron chi connectivity index (χ4n) is 5.17. The van der Waals surface area contributed by atoms with Crippen LogP contribution in [0.1, 0.15) is 133 Å². The summed E-state index contributed by atoms with van der Waals surface area (Å²) in [7, 11) is 0. The van der Waals surface area contributed by atoms with Crippen molar-refractivity contribution in [1.82, 2.24) is 9.97 Å². The van der Waals surface area contributed by atoms with Gasteiger partial charge in [0, 0.05) is 23.8 Å². The molecule has 3 heteroatoms. The van der Waals surface area contributed by atoms with Crippen molar-refractivity contribution in [3.8, 4) is 5.75 Å². The molecule has 36 heavy (non-hydrogen) atoms. The highest BCUT2D eigenvalue weighted by molar-refractivity contribution is 5.40. The zero-order valence-electron chi connectivity index (χ0n) is 22.8. The van der Waals surface area contributed by atoms with Crippen molar-refractivity contribution in [2.24, 2.45) is 0 Å². The smallest absolute Gasteiger partial charge is 0.119 e. The van der Waals surface area contributed by atoms with Crippen LogP contribution in [0, 0.1) is 0 Å². The van der Waals surface area contributed by atoms with Crippen LogP contribution in [0.15, 0.2) is 60.9 Å². The minimum Gasteiger partial charge on any atom is -0.494 e. The van der Waals surface area contributed by atoms with Crippen molar-refractivity contribution >= 4 is 0 Å². The lowest BCUT2D eigenvalue weighted by Crippen LogP contribution is -2.04. The Morgan fingerprint density at radius 1 is 0.556 bits per heavy atom. The third-order valence-electron chi connectivity index (χ3n) is 7.35. The highest BCUT2D eigenvalue weighted by atomic mass is 16.5. The van der Waals surface area contributed by atoms with E-state index in [9.17, 15) is 0 Å². The van der Waals surface area contributed by atoms with Gasteiger partial charge in [-0.15, -0.1) is 0 Å². The fourth-order valence-corrected chi connectivity index (χ4v) is 5.17. The van der Waals surface area contributed by atoms with E-state index < -0.39 is 0 Å². The molecule has 0 aliphatic carbocycles. The molecule has 3 rings (SSSR count). The number of ether oxygens (including phenoxy) is 1. The van der Waals surface area contributed by atoms with E-state index in [1.54, 1.807) is 0 Å². The minimum atomic E-state index is 0.185. The number of aromatic amines is 2. The predicted octanol–water partition coefficient (Wildman–Crippen LogP) is 10.2. The summed E-state index contributed by atoms with van der Waals surface area (Å²) in [6.45, 7) is 3.11. The molecule has 0 bridgehead atoms. The lowest BCUT2D eigenvalue weighted by Gasteiger charge is -2.16. The number of unbranched alkanes of at least 4 members (excludes halogenated alkanes) is 15. The molecule has 0 radical (unpaired) electrons. The Kier molecular flexibility index (Phi) is 14.0. The van der Waals surface area contributed by atoms with E-state index in [0.717, 1.165) is 18.8 Å². The van der Waals surface area contributed by atoms with Gasteiger partial charge in [-0.3, -0.25) is 0 Å². The molecule has 0 spiro atoms. The minimum absolute atomic E-state index is 0.185. The molecule has 3 aromatic rings. The Morgan fingerprint density at radius 3 is 1.42 bits per heavy atom. The van der Waals surface area contributed by atoms with Crippen molar-refractivity contribution in [3.63, 3.8) is 0 Å². The van der Waals surface area contributed by atoms with E-state index in [0.29, 0.717) is 0 Å². The molecule has 0 unspecified atom stereocenters. The lowest BCUT2D eigenvalue weighted by atomic mass is 9.92. The van der Waals surface area contributed by atoms with Gasteiger partial charge in [0.1, 0.15) is 5.75 Å². The zero-order chi connectivity index (χ0) is 25.1.